The second-order valence-electron chi connectivity index (χ2n) is 6.45. The average Bonchev–Trinajstić information content (AvgIpc) is 2.72. The minimum absolute atomic E-state index is 0.00996. The predicted octanol–water partition coefficient (Wildman–Crippen LogP) is 2.30. The Balaban J connectivity index is 1.85. The maximum absolute atomic E-state index is 13.1. The quantitative estimate of drug-likeness (QED) is 0.785. The Labute approximate surface area is 158 Å². The summed E-state index contributed by atoms with van der Waals surface area (Å²) in [7, 11) is 3.10. The highest BCUT2D eigenvalue weighted by Gasteiger charge is 2.30. The molecule has 1 atom stereocenters. The predicted molar refractivity (Wildman–Crippen MR) is 102 cm³/mol. The molecule has 0 aliphatic carbocycles. The molecule has 1 aromatic heterocycles. The molecule has 1 amide bonds. The van der Waals surface area contributed by atoms with Crippen molar-refractivity contribution < 1.29 is 19.1 Å². The van der Waals surface area contributed by atoms with Crippen LogP contribution in [0.2, 0.25) is 0 Å². The van der Waals surface area contributed by atoms with Crippen LogP contribution in [-0.2, 0) is 0 Å². The van der Waals surface area contributed by atoms with Crippen LogP contribution in [0.3, 0.4) is 0 Å². The zero-order valence-corrected chi connectivity index (χ0v) is 15.5. The van der Waals surface area contributed by atoms with Gasteiger partial charge in [-0.3, -0.25) is 9.59 Å². The van der Waals surface area contributed by atoms with Crippen molar-refractivity contribution in [2.45, 2.75) is 12.8 Å². The number of nitrogens with two attached hydrogens (primary N) is 1. The lowest BCUT2D eigenvalue weighted by molar-refractivity contribution is 0.0904. The number of ether oxygens (including phenoxy) is 2. The van der Waals surface area contributed by atoms with Gasteiger partial charge in [-0.2, -0.15) is 0 Å². The summed E-state index contributed by atoms with van der Waals surface area (Å²) in [5, 5.41) is 0. The summed E-state index contributed by atoms with van der Waals surface area (Å²) in [4.78, 5) is 31.1. The van der Waals surface area contributed by atoms with Gasteiger partial charge in [-0.1, -0.05) is 0 Å². The number of anilines is 1. The smallest absolute Gasteiger partial charge is 0.252 e. The third-order valence-electron chi connectivity index (χ3n) is 4.82. The number of carbonyl (C=O) groups excluding carboxylic acids is 2. The maximum atomic E-state index is 13.1. The number of nitrogens with zero attached hydrogens (tertiary/aromatic N) is 2. The molecule has 1 fully saturated rings. The molecule has 0 unspecified atom stereocenters. The van der Waals surface area contributed by atoms with E-state index in [-0.39, 0.29) is 11.7 Å². The first-order valence-corrected chi connectivity index (χ1v) is 8.81. The summed E-state index contributed by atoms with van der Waals surface area (Å²) in [5.41, 5.74) is 6.37. The molecule has 1 saturated heterocycles. The average molecular weight is 369 g/mol. The van der Waals surface area contributed by atoms with Gasteiger partial charge in [0.05, 0.1) is 25.3 Å². The summed E-state index contributed by atoms with van der Waals surface area (Å²) in [6.45, 7) is 1.20. The lowest BCUT2D eigenvalue weighted by Crippen LogP contribution is -2.40. The highest BCUT2D eigenvalue weighted by atomic mass is 16.5. The van der Waals surface area contributed by atoms with E-state index < -0.39 is 5.91 Å². The minimum Gasteiger partial charge on any atom is -0.497 e. The molecule has 1 aromatic carbocycles. The van der Waals surface area contributed by atoms with Crippen molar-refractivity contribution in [3.05, 3.63) is 47.7 Å². The Kier molecular flexibility index (Phi) is 5.59. The number of Topliss-reactive ketones (excluding diaryl/α,β-unsaturated/α-hetero) is 1. The molecule has 1 aliphatic rings. The second kappa shape index (κ2) is 8.07. The monoisotopic (exact) mass is 369 g/mol. The number of rotatable bonds is 6. The standard InChI is InChI=1S/C20H23N3O4/c1-26-14-7-8-15(17(11-14)27-2)18(24)13-5-4-10-23(12-13)20-16(19(21)25)6-3-9-22-20/h3,6-9,11,13H,4-5,10,12H2,1-2H3,(H2,21,25)/t13-/m0/s1. The van der Waals surface area contributed by atoms with Gasteiger partial charge in [0, 0.05) is 31.3 Å². The molecule has 2 aromatic rings. The number of aromatic nitrogens is 1. The molecule has 0 spiro atoms. The van der Waals surface area contributed by atoms with E-state index in [0.717, 1.165) is 19.4 Å². The van der Waals surface area contributed by atoms with Gasteiger partial charge in [0.25, 0.3) is 5.91 Å². The molecule has 142 valence electrons. The SMILES string of the molecule is COc1ccc(C(=O)[C@H]2CCCN(c3ncccc3C(N)=O)C2)c(OC)c1. The first kappa shape index (κ1) is 18.7. The van der Waals surface area contributed by atoms with E-state index in [1.54, 1.807) is 43.6 Å². The molecule has 27 heavy (non-hydrogen) atoms. The molecule has 0 bridgehead atoms. The van der Waals surface area contributed by atoms with E-state index in [2.05, 4.69) is 4.98 Å². The Hall–Kier alpha value is -3.09. The topological polar surface area (TPSA) is 94.8 Å². The molecular formula is C20H23N3O4. The Morgan fingerprint density at radius 3 is 2.70 bits per heavy atom. The number of ketones is 1. The number of piperidine rings is 1. The number of hydrogen-bond donors (Lipinski definition) is 1. The van der Waals surface area contributed by atoms with E-state index in [9.17, 15) is 9.59 Å². The van der Waals surface area contributed by atoms with Crippen LogP contribution in [0.15, 0.2) is 36.5 Å². The fourth-order valence-electron chi connectivity index (χ4n) is 3.45. The molecule has 7 nitrogen and oxygen atoms in total. The molecule has 3 rings (SSSR count). The van der Waals surface area contributed by atoms with Gasteiger partial charge in [0.1, 0.15) is 17.3 Å². The number of amides is 1. The van der Waals surface area contributed by atoms with Crippen molar-refractivity contribution in [3.8, 4) is 11.5 Å². The van der Waals surface area contributed by atoms with Gasteiger partial charge < -0.3 is 20.1 Å². The van der Waals surface area contributed by atoms with Gasteiger partial charge >= 0.3 is 0 Å². The first-order chi connectivity index (χ1) is 13.0. The van der Waals surface area contributed by atoms with Gasteiger partial charge in [0.2, 0.25) is 0 Å². The number of pyridine rings is 1. The van der Waals surface area contributed by atoms with Gasteiger partial charge in [-0.05, 0) is 37.1 Å². The molecule has 0 radical (unpaired) electrons. The summed E-state index contributed by atoms with van der Waals surface area (Å²) < 4.78 is 10.6. The lowest BCUT2D eigenvalue weighted by atomic mass is 9.89. The van der Waals surface area contributed by atoms with E-state index >= 15 is 0 Å². The van der Waals surface area contributed by atoms with E-state index in [1.165, 1.54) is 7.11 Å². The van der Waals surface area contributed by atoms with Gasteiger partial charge in [-0.15, -0.1) is 0 Å². The second-order valence-corrected chi connectivity index (χ2v) is 6.45. The molecular weight excluding hydrogens is 346 g/mol. The number of primary amides is 1. The van der Waals surface area contributed by atoms with E-state index in [4.69, 9.17) is 15.2 Å². The highest BCUT2D eigenvalue weighted by molar-refractivity contribution is 6.01. The third-order valence-corrected chi connectivity index (χ3v) is 4.82. The Bertz CT molecular complexity index is 853. The fraction of sp³-hybridized carbons (Fsp3) is 0.350. The maximum Gasteiger partial charge on any atom is 0.252 e. The van der Waals surface area contributed by atoms with Crippen LogP contribution in [0.4, 0.5) is 5.82 Å². The van der Waals surface area contributed by atoms with Crippen LogP contribution in [0.1, 0.15) is 33.6 Å². The van der Waals surface area contributed by atoms with Crippen molar-refractivity contribution in [2.24, 2.45) is 11.7 Å². The van der Waals surface area contributed by atoms with Crippen LogP contribution in [0.5, 0.6) is 11.5 Å². The van der Waals surface area contributed by atoms with Crippen molar-refractivity contribution in [2.75, 3.05) is 32.2 Å². The Morgan fingerprint density at radius 2 is 2.00 bits per heavy atom. The van der Waals surface area contributed by atoms with Crippen LogP contribution in [0, 0.1) is 5.92 Å². The van der Waals surface area contributed by atoms with Crippen LogP contribution in [0.25, 0.3) is 0 Å². The van der Waals surface area contributed by atoms with Gasteiger partial charge in [-0.25, -0.2) is 4.98 Å². The van der Waals surface area contributed by atoms with Crippen LogP contribution in [-0.4, -0.2) is 44.0 Å². The number of benzene rings is 1. The zero-order valence-electron chi connectivity index (χ0n) is 15.5. The summed E-state index contributed by atoms with van der Waals surface area (Å²) >= 11 is 0. The summed E-state index contributed by atoms with van der Waals surface area (Å²) in [6.07, 6.45) is 3.21. The Morgan fingerprint density at radius 1 is 1.19 bits per heavy atom. The number of hydrogen-bond acceptors (Lipinski definition) is 6. The molecule has 2 heterocycles. The minimum atomic E-state index is -0.525. The van der Waals surface area contributed by atoms with E-state index in [1.807, 2.05) is 4.90 Å². The third kappa shape index (κ3) is 3.86. The van der Waals surface area contributed by atoms with Crippen molar-refractivity contribution in [1.82, 2.24) is 4.98 Å². The highest BCUT2D eigenvalue weighted by Crippen LogP contribution is 2.31. The fourth-order valence-corrected chi connectivity index (χ4v) is 3.45. The van der Waals surface area contributed by atoms with E-state index in [0.29, 0.717) is 35.0 Å². The lowest BCUT2D eigenvalue weighted by Gasteiger charge is -2.33. The molecule has 7 heteroatoms. The largest absolute Gasteiger partial charge is 0.497 e. The number of carbonyl (C=O) groups is 2. The normalized spacial score (nSPS) is 16.7. The number of methoxy groups -OCH3 is 2. The summed E-state index contributed by atoms with van der Waals surface area (Å²) in [5.74, 6) is 0.924. The van der Waals surface area contributed by atoms with Crippen LogP contribution >= 0.6 is 0 Å². The van der Waals surface area contributed by atoms with Gasteiger partial charge in [0.15, 0.2) is 5.78 Å². The van der Waals surface area contributed by atoms with Crippen molar-refractivity contribution in [1.29, 1.82) is 0 Å². The first-order valence-electron chi connectivity index (χ1n) is 8.81. The summed E-state index contributed by atoms with van der Waals surface area (Å²) in [6, 6.07) is 8.52. The van der Waals surface area contributed by atoms with Crippen molar-refractivity contribution >= 4 is 17.5 Å². The molecule has 0 saturated carbocycles. The molecule has 1 aliphatic heterocycles. The molecule has 2 N–H and O–H groups in total. The van der Waals surface area contributed by atoms with Crippen LogP contribution < -0.4 is 20.1 Å². The zero-order chi connectivity index (χ0) is 19.4. The van der Waals surface area contributed by atoms with Crippen molar-refractivity contribution in [3.63, 3.8) is 0 Å².